The number of aromatic amines is 1. The van der Waals surface area contributed by atoms with Gasteiger partial charge in [-0.15, -0.1) is 11.3 Å². The molecule has 0 atom stereocenters. The van der Waals surface area contributed by atoms with Crippen LogP contribution in [-0.2, 0) is 14.8 Å². The van der Waals surface area contributed by atoms with Crippen LogP contribution in [0.5, 0.6) is 0 Å². The molecular formula is C14H17N5O5S2. The van der Waals surface area contributed by atoms with Crippen LogP contribution in [0.25, 0.3) is 0 Å². The molecule has 0 aromatic carbocycles. The number of rotatable bonds is 5. The molecule has 140 valence electrons. The fourth-order valence-electron chi connectivity index (χ4n) is 2.39. The van der Waals surface area contributed by atoms with Crippen molar-refractivity contribution >= 4 is 38.2 Å². The fourth-order valence-corrected chi connectivity index (χ4v) is 5.32. The molecule has 2 aromatic rings. The molecule has 1 fully saturated rings. The molecule has 26 heavy (non-hydrogen) atoms. The number of hydrogen-bond acceptors (Lipinski definition) is 7. The zero-order valence-corrected chi connectivity index (χ0v) is 15.4. The molecule has 4 N–H and O–H groups in total. The lowest BCUT2D eigenvalue weighted by Crippen LogP contribution is -2.40. The topological polar surface area (TPSA) is 147 Å². The molecule has 1 saturated heterocycles. The van der Waals surface area contributed by atoms with Crippen LogP contribution in [0.15, 0.2) is 16.3 Å². The summed E-state index contributed by atoms with van der Waals surface area (Å²) in [6.07, 6.45) is 0. The van der Waals surface area contributed by atoms with Crippen LogP contribution in [-0.4, -0.2) is 61.0 Å². The molecule has 2 aromatic heterocycles. The standard InChI is InChI=1S/C14H17N5O5S2/c1-8-6-10(18-17-8)13(21)16-14-9(12(15)20)7-11(25-14)26(22,23)19-2-4-24-5-3-19/h6-7H,2-5H2,1H3,(H2,15,20)(H,16,21)(H,17,18). The molecule has 3 rings (SSSR count). The van der Waals surface area contributed by atoms with Crippen LogP contribution < -0.4 is 11.1 Å². The zero-order chi connectivity index (χ0) is 18.9. The molecule has 0 aliphatic carbocycles. The number of primary amides is 1. The third-order valence-electron chi connectivity index (χ3n) is 3.70. The van der Waals surface area contributed by atoms with Crippen LogP contribution in [0.4, 0.5) is 5.00 Å². The predicted octanol–water partition coefficient (Wildman–Crippen LogP) is 0.152. The van der Waals surface area contributed by atoms with Crippen LogP contribution >= 0.6 is 11.3 Å². The molecule has 0 radical (unpaired) electrons. The van der Waals surface area contributed by atoms with Crippen molar-refractivity contribution in [3.8, 4) is 0 Å². The van der Waals surface area contributed by atoms with E-state index in [1.807, 2.05) is 0 Å². The molecule has 12 heteroatoms. The first kappa shape index (κ1) is 18.5. The summed E-state index contributed by atoms with van der Waals surface area (Å²) in [5.41, 5.74) is 6.07. The Morgan fingerprint density at radius 3 is 2.62 bits per heavy atom. The lowest BCUT2D eigenvalue weighted by atomic mass is 10.3. The number of nitrogens with one attached hydrogen (secondary N) is 2. The van der Waals surface area contributed by atoms with Crippen molar-refractivity contribution in [2.45, 2.75) is 11.1 Å². The van der Waals surface area contributed by atoms with E-state index in [0.29, 0.717) is 18.9 Å². The molecule has 0 saturated carbocycles. The SMILES string of the molecule is Cc1cc(C(=O)Nc2sc(S(=O)(=O)N3CCOCC3)cc2C(N)=O)n[nH]1. The molecule has 0 bridgehead atoms. The molecule has 2 amide bonds. The van der Waals surface area contributed by atoms with E-state index in [2.05, 4.69) is 15.5 Å². The van der Waals surface area contributed by atoms with Gasteiger partial charge in [0.2, 0.25) is 0 Å². The molecule has 1 aliphatic heterocycles. The average Bonchev–Trinajstić information content (AvgIpc) is 3.22. The lowest BCUT2D eigenvalue weighted by Gasteiger charge is -2.25. The van der Waals surface area contributed by atoms with Crippen molar-refractivity contribution in [1.82, 2.24) is 14.5 Å². The van der Waals surface area contributed by atoms with Gasteiger partial charge in [-0.25, -0.2) is 8.42 Å². The first-order valence-electron chi connectivity index (χ1n) is 7.64. The van der Waals surface area contributed by atoms with Gasteiger partial charge in [-0.1, -0.05) is 0 Å². The number of carbonyl (C=O) groups is 2. The number of sulfonamides is 1. The van der Waals surface area contributed by atoms with Crippen molar-refractivity contribution in [2.24, 2.45) is 5.73 Å². The highest BCUT2D eigenvalue weighted by Gasteiger charge is 2.30. The van der Waals surface area contributed by atoms with E-state index in [0.717, 1.165) is 11.3 Å². The van der Waals surface area contributed by atoms with Gasteiger partial charge in [0.1, 0.15) is 9.21 Å². The van der Waals surface area contributed by atoms with E-state index < -0.39 is 21.8 Å². The second kappa shape index (κ2) is 7.15. The van der Waals surface area contributed by atoms with E-state index in [1.54, 1.807) is 6.92 Å². The zero-order valence-electron chi connectivity index (χ0n) is 13.8. The number of ether oxygens (including phenoxy) is 1. The van der Waals surface area contributed by atoms with Crippen LogP contribution in [0.1, 0.15) is 26.5 Å². The third kappa shape index (κ3) is 3.62. The predicted molar refractivity (Wildman–Crippen MR) is 93.7 cm³/mol. The van der Waals surface area contributed by atoms with Gasteiger partial charge in [-0.2, -0.15) is 9.40 Å². The number of carbonyl (C=O) groups excluding carboxylic acids is 2. The molecule has 3 heterocycles. The number of aromatic nitrogens is 2. The van der Waals surface area contributed by atoms with Gasteiger partial charge in [0, 0.05) is 18.8 Å². The second-order valence-electron chi connectivity index (χ2n) is 5.58. The largest absolute Gasteiger partial charge is 0.379 e. The lowest BCUT2D eigenvalue weighted by molar-refractivity contribution is 0.0731. The van der Waals surface area contributed by atoms with Gasteiger partial charge >= 0.3 is 0 Å². The minimum absolute atomic E-state index is 0.0648. The first-order valence-corrected chi connectivity index (χ1v) is 9.89. The summed E-state index contributed by atoms with van der Waals surface area (Å²) in [6.45, 7) is 2.78. The Morgan fingerprint density at radius 1 is 1.35 bits per heavy atom. The summed E-state index contributed by atoms with van der Waals surface area (Å²) >= 11 is 0.777. The van der Waals surface area contributed by atoms with Crippen molar-refractivity contribution < 1.29 is 22.7 Å². The molecule has 0 unspecified atom stereocenters. The average molecular weight is 399 g/mol. The van der Waals surface area contributed by atoms with Gasteiger partial charge in [0.05, 0.1) is 18.8 Å². The third-order valence-corrected chi connectivity index (χ3v) is 7.10. The quantitative estimate of drug-likeness (QED) is 0.652. The molecule has 10 nitrogen and oxygen atoms in total. The number of aryl methyl sites for hydroxylation is 1. The van der Waals surface area contributed by atoms with E-state index in [1.165, 1.54) is 16.4 Å². The number of nitrogens with two attached hydrogens (primary N) is 1. The Balaban J connectivity index is 1.91. The first-order chi connectivity index (χ1) is 12.3. The number of amides is 2. The highest BCUT2D eigenvalue weighted by atomic mass is 32.2. The summed E-state index contributed by atoms with van der Waals surface area (Å²) in [5, 5.41) is 9.03. The highest BCUT2D eigenvalue weighted by molar-refractivity contribution is 7.91. The van der Waals surface area contributed by atoms with Gasteiger partial charge < -0.3 is 15.8 Å². The summed E-state index contributed by atoms with van der Waals surface area (Å²) in [5.74, 6) is -1.41. The molecule has 1 aliphatic rings. The van der Waals surface area contributed by atoms with E-state index >= 15 is 0 Å². The summed E-state index contributed by atoms with van der Waals surface area (Å²) in [6, 6.07) is 2.71. The van der Waals surface area contributed by atoms with Crippen LogP contribution in [0, 0.1) is 6.92 Å². The molecular weight excluding hydrogens is 382 g/mol. The number of thiophene rings is 1. The van der Waals surface area contributed by atoms with Crippen molar-refractivity contribution in [1.29, 1.82) is 0 Å². The summed E-state index contributed by atoms with van der Waals surface area (Å²) < 4.78 is 31.8. The number of hydrogen-bond donors (Lipinski definition) is 3. The minimum atomic E-state index is -3.80. The number of nitrogens with zero attached hydrogens (tertiary/aromatic N) is 2. The Bertz CT molecular complexity index is 943. The van der Waals surface area contributed by atoms with E-state index in [-0.39, 0.29) is 33.6 Å². The van der Waals surface area contributed by atoms with Crippen LogP contribution in [0.3, 0.4) is 0 Å². The Hall–Kier alpha value is -2.28. The normalized spacial score (nSPS) is 15.7. The van der Waals surface area contributed by atoms with Crippen molar-refractivity contribution in [3.63, 3.8) is 0 Å². The maximum atomic E-state index is 12.7. The summed E-state index contributed by atoms with van der Waals surface area (Å²) in [4.78, 5) is 23.9. The molecule has 0 spiro atoms. The van der Waals surface area contributed by atoms with Crippen LogP contribution in [0.2, 0.25) is 0 Å². The van der Waals surface area contributed by atoms with Gasteiger partial charge in [0.15, 0.2) is 5.69 Å². The van der Waals surface area contributed by atoms with Crippen molar-refractivity contribution in [3.05, 3.63) is 29.1 Å². The second-order valence-corrected chi connectivity index (χ2v) is 8.80. The van der Waals surface area contributed by atoms with Gasteiger partial charge in [-0.05, 0) is 19.1 Å². The number of anilines is 1. The van der Waals surface area contributed by atoms with Gasteiger partial charge in [0.25, 0.3) is 21.8 Å². The Morgan fingerprint density at radius 2 is 2.04 bits per heavy atom. The van der Waals surface area contributed by atoms with E-state index in [4.69, 9.17) is 10.5 Å². The summed E-state index contributed by atoms with van der Waals surface area (Å²) in [7, 11) is -3.80. The maximum absolute atomic E-state index is 12.7. The Labute approximate surface area is 153 Å². The van der Waals surface area contributed by atoms with Crippen molar-refractivity contribution in [2.75, 3.05) is 31.6 Å². The highest BCUT2D eigenvalue weighted by Crippen LogP contribution is 2.33. The number of H-pyrrole nitrogens is 1. The fraction of sp³-hybridized carbons (Fsp3) is 0.357. The smallest absolute Gasteiger partial charge is 0.276 e. The Kier molecular flexibility index (Phi) is 5.09. The monoisotopic (exact) mass is 399 g/mol. The maximum Gasteiger partial charge on any atom is 0.276 e. The van der Waals surface area contributed by atoms with E-state index in [9.17, 15) is 18.0 Å². The van der Waals surface area contributed by atoms with Gasteiger partial charge in [-0.3, -0.25) is 14.7 Å². The number of morpholine rings is 1. The minimum Gasteiger partial charge on any atom is -0.379 e.